The molecule has 1 amide bonds. The van der Waals surface area contributed by atoms with Crippen LogP contribution in [0.3, 0.4) is 0 Å². The molecule has 0 saturated heterocycles. The van der Waals surface area contributed by atoms with Gasteiger partial charge in [0.1, 0.15) is 5.75 Å². The number of nitrogens with one attached hydrogen (secondary N) is 1. The second-order valence-corrected chi connectivity index (χ2v) is 5.32. The molecule has 0 atom stereocenters. The highest BCUT2D eigenvalue weighted by atomic mass is 79.9. The van der Waals surface area contributed by atoms with Gasteiger partial charge < -0.3 is 10.1 Å². The van der Waals surface area contributed by atoms with Gasteiger partial charge in [0.2, 0.25) is 0 Å². The van der Waals surface area contributed by atoms with E-state index in [1.54, 1.807) is 18.0 Å². The first kappa shape index (κ1) is 14.6. The minimum atomic E-state index is -0.141. The number of amides is 1. The first-order chi connectivity index (χ1) is 9.52. The van der Waals surface area contributed by atoms with Crippen LogP contribution in [-0.2, 0) is 13.6 Å². The molecular formula is C14H16BrN3O2. The minimum Gasteiger partial charge on any atom is -0.496 e. The number of ether oxygens (including phenoxy) is 1. The zero-order valence-corrected chi connectivity index (χ0v) is 13.2. The number of carbonyl (C=O) groups excluding carboxylic acids is 1. The van der Waals surface area contributed by atoms with Gasteiger partial charge >= 0.3 is 0 Å². The van der Waals surface area contributed by atoms with E-state index in [4.69, 9.17) is 4.74 Å². The summed E-state index contributed by atoms with van der Waals surface area (Å²) in [5, 5.41) is 6.94. The van der Waals surface area contributed by atoms with E-state index in [0.29, 0.717) is 12.1 Å². The summed E-state index contributed by atoms with van der Waals surface area (Å²) < 4.78 is 7.90. The van der Waals surface area contributed by atoms with Crippen LogP contribution < -0.4 is 10.1 Å². The summed E-state index contributed by atoms with van der Waals surface area (Å²) in [6.07, 6.45) is 1.57. The average Bonchev–Trinajstić information content (AvgIpc) is 2.76. The first-order valence-electron chi connectivity index (χ1n) is 6.12. The van der Waals surface area contributed by atoms with Gasteiger partial charge in [0.15, 0.2) is 0 Å². The Bertz CT molecular complexity index is 637. The Kier molecular flexibility index (Phi) is 4.44. The van der Waals surface area contributed by atoms with Crippen LogP contribution in [0.4, 0.5) is 0 Å². The Balaban J connectivity index is 2.11. The molecule has 0 bridgehead atoms. The van der Waals surface area contributed by atoms with Crippen molar-refractivity contribution >= 4 is 21.8 Å². The van der Waals surface area contributed by atoms with Gasteiger partial charge in [-0.15, -0.1) is 0 Å². The van der Waals surface area contributed by atoms with Gasteiger partial charge in [-0.05, 0) is 25.1 Å². The van der Waals surface area contributed by atoms with E-state index in [0.717, 1.165) is 21.5 Å². The lowest BCUT2D eigenvalue weighted by Crippen LogP contribution is -2.23. The fraction of sp³-hybridized carbons (Fsp3) is 0.286. The predicted octanol–water partition coefficient (Wildman–Crippen LogP) is 2.43. The van der Waals surface area contributed by atoms with Gasteiger partial charge in [-0.1, -0.05) is 15.9 Å². The molecule has 0 radical (unpaired) electrons. The van der Waals surface area contributed by atoms with Crippen LogP contribution in [0.25, 0.3) is 0 Å². The van der Waals surface area contributed by atoms with Crippen LogP contribution in [0, 0.1) is 6.92 Å². The van der Waals surface area contributed by atoms with Crippen molar-refractivity contribution in [1.29, 1.82) is 0 Å². The maximum Gasteiger partial charge on any atom is 0.255 e. The summed E-state index contributed by atoms with van der Waals surface area (Å²) in [7, 11) is 3.42. The molecule has 0 fully saturated rings. The Morgan fingerprint density at radius 3 is 2.85 bits per heavy atom. The molecule has 0 aliphatic rings. The van der Waals surface area contributed by atoms with Crippen LogP contribution in [0.15, 0.2) is 28.9 Å². The van der Waals surface area contributed by atoms with Crippen molar-refractivity contribution in [3.63, 3.8) is 0 Å². The first-order valence-corrected chi connectivity index (χ1v) is 6.91. The number of aryl methyl sites for hydroxylation is 1. The van der Waals surface area contributed by atoms with E-state index in [-0.39, 0.29) is 5.91 Å². The van der Waals surface area contributed by atoms with Gasteiger partial charge in [-0.25, -0.2) is 0 Å². The Morgan fingerprint density at radius 2 is 2.25 bits per heavy atom. The lowest BCUT2D eigenvalue weighted by Gasteiger charge is -2.10. The molecule has 5 nitrogen and oxygen atoms in total. The lowest BCUT2D eigenvalue weighted by molar-refractivity contribution is 0.0950. The second kappa shape index (κ2) is 6.09. The quantitative estimate of drug-likeness (QED) is 0.932. The average molecular weight is 338 g/mol. The van der Waals surface area contributed by atoms with Crippen LogP contribution >= 0.6 is 15.9 Å². The van der Waals surface area contributed by atoms with Gasteiger partial charge in [0.05, 0.1) is 18.9 Å². The van der Waals surface area contributed by atoms with E-state index in [2.05, 4.69) is 26.3 Å². The Morgan fingerprint density at radius 1 is 1.50 bits per heavy atom. The van der Waals surface area contributed by atoms with Crippen LogP contribution in [0.1, 0.15) is 21.6 Å². The molecule has 0 saturated carbocycles. The molecule has 20 heavy (non-hydrogen) atoms. The number of carbonyl (C=O) groups is 1. The number of hydrogen-bond acceptors (Lipinski definition) is 3. The van der Waals surface area contributed by atoms with Crippen LogP contribution in [0.5, 0.6) is 5.75 Å². The van der Waals surface area contributed by atoms with Crippen LogP contribution in [-0.4, -0.2) is 22.8 Å². The third kappa shape index (κ3) is 3.01. The predicted molar refractivity (Wildman–Crippen MR) is 79.8 cm³/mol. The lowest BCUT2D eigenvalue weighted by atomic mass is 10.2. The van der Waals surface area contributed by atoms with E-state index in [1.807, 2.05) is 32.2 Å². The Labute approximate surface area is 126 Å². The second-order valence-electron chi connectivity index (χ2n) is 4.41. The van der Waals surface area contributed by atoms with Crippen LogP contribution in [0.2, 0.25) is 0 Å². The van der Waals surface area contributed by atoms with Crippen molar-refractivity contribution in [3.05, 3.63) is 45.7 Å². The molecule has 1 N–H and O–H groups in total. The number of halogens is 1. The fourth-order valence-electron chi connectivity index (χ4n) is 1.88. The number of aromatic nitrogens is 2. The molecule has 1 aromatic carbocycles. The molecule has 106 valence electrons. The van der Waals surface area contributed by atoms with Crippen molar-refractivity contribution in [2.45, 2.75) is 13.5 Å². The molecule has 0 unspecified atom stereocenters. The third-order valence-corrected chi connectivity index (χ3v) is 3.65. The maximum atomic E-state index is 12.1. The topological polar surface area (TPSA) is 56.1 Å². The minimum absolute atomic E-state index is 0.141. The van der Waals surface area contributed by atoms with E-state index in [9.17, 15) is 4.79 Å². The number of rotatable bonds is 4. The van der Waals surface area contributed by atoms with Crippen molar-refractivity contribution in [1.82, 2.24) is 15.1 Å². The highest BCUT2D eigenvalue weighted by molar-refractivity contribution is 9.10. The number of methoxy groups -OCH3 is 1. The monoisotopic (exact) mass is 337 g/mol. The van der Waals surface area contributed by atoms with E-state index >= 15 is 0 Å². The Hall–Kier alpha value is -1.82. The SMILES string of the molecule is COc1ccc(Br)cc1CNC(=O)c1cnn(C)c1C. The fourth-order valence-corrected chi connectivity index (χ4v) is 2.29. The zero-order valence-electron chi connectivity index (χ0n) is 11.6. The van der Waals surface area contributed by atoms with E-state index in [1.165, 1.54) is 0 Å². The molecule has 0 aliphatic heterocycles. The molecule has 1 heterocycles. The van der Waals surface area contributed by atoms with Crippen molar-refractivity contribution in [3.8, 4) is 5.75 Å². The van der Waals surface area contributed by atoms with Crippen molar-refractivity contribution < 1.29 is 9.53 Å². The summed E-state index contributed by atoms with van der Waals surface area (Å²) in [4.78, 5) is 12.1. The summed E-state index contributed by atoms with van der Waals surface area (Å²) in [5.41, 5.74) is 2.34. The number of benzene rings is 1. The summed E-state index contributed by atoms with van der Waals surface area (Å²) >= 11 is 3.41. The summed E-state index contributed by atoms with van der Waals surface area (Å²) in [6.45, 7) is 2.26. The number of hydrogen-bond donors (Lipinski definition) is 1. The third-order valence-electron chi connectivity index (χ3n) is 3.16. The molecule has 2 aromatic rings. The summed E-state index contributed by atoms with van der Waals surface area (Å²) in [5.74, 6) is 0.606. The smallest absolute Gasteiger partial charge is 0.255 e. The van der Waals surface area contributed by atoms with Crippen molar-refractivity contribution in [2.24, 2.45) is 7.05 Å². The highest BCUT2D eigenvalue weighted by Gasteiger charge is 2.13. The van der Waals surface area contributed by atoms with Crippen molar-refractivity contribution in [2.75, 3.05) is 7.11 Å². The zero-order chi connectivity index (χ0) is 14.7. The molecule has 0 spiro atoms. The highest BCUT2D eigenvalue weighted by Crippen LogP contribution is 2.22. The van der Waals surface area contributed by atoms with Gasteiger partial charge in [0.25, 0.3) is 5.91 Å². The molecule has 2 rings (SSSR count). The normalized spacial score (nSPS) is 10.4. The maximum absolute atomic E-state index is 12.1. The summed E-state index contributed by atoms with van der Waals surface area (Å²) in [6, 6.07) is 5.69. The largest absolute Gasteiger partial charge is 0.496 e. The van der Waals surface area contributed by atoms with E-state index < -0.39 is 0 Å². The number of nitrogens with zero attached hydrogens (tertiary/aromatic N) is 2. The van der Waals surface area contributed by atoms with Gasteiger partial charge in [-0.3, -0.25) is 9.48 Å². The molecule has 0 aliphatic carbocycles. The standard InChI is InChI=1S/C14H16BrN3O2/c1-9-12(8-17-18(9)2)14(19)16-7-10-6-11(15)4-5-13(10)20-3/h4-6,8H,7H2,1-3H3,(H,16,19). The molecule has 1 aromatic heterocycles. The van der Waals surface area contributed by atoms with Gasteiger partial charge in [0, 0.05) is 29.3 Å². The molecular weight excluding hydrogens is 322 g/mol. The van der Waals surface area contributed by atoms with Gasteiger partial charge in [-0.2, -0.15) is 5.10 Å². The molecule has 6 heteroatoms.